The molecule has 2 nitrogen and oxygen atoms in total. The Labute approximate surface area is 158 Å². The third-order valence-corrected chi connectivity index (χ3v) is 4.88. The van der Waals surface area contributed by atoms with Crippen LogP contribution in [0.1, 0.15) is 116 Å². The average Bonchev–Trinajstić information content (AvgIpc) is 2.62. The first-order valence-corrected chi connectivity index (χ1v) is 11.1. The van der Waals surface area contributed by atoms with E-state index in [2.05, 4.69) is 18.8 Å². The molecule has 25 heavy (non-hydrogen) atoms. The molecule has 0 aliphatic heterocycles. The van der Waals surface area contributed by atoms with Crippen LogP contribution in [0.2, 0.25) is 0 Å². The highest BCUT2D eigenvalue weighted by Crippen LogP contribution is 2.10. The maximum absolute atomic E-state index is 11.8. The van der Waals surface area contributed by atoms with E-state index in [-0.39, 0.29) is 0 Å². The molecular weight excluding hydrogens is 306 g/mol. The Hall–Kier alpha value is -0.630. The van der Waals surface area contributed by atoms with Crippen molar-refractivity contribution < 1.29 is 4.79 Å². The molecule has 0 unspecified atom stereocenters. The molecule has 0 bridgehead atoms. The van der Waals surface area contributed by atoms with Gasteiger partial charge in [-0.15, -0.1) is 6.58 Å². The van der Waals surface area contributed by atoms with Gasteiger partial charge in [-0.05, 0) is 45.2 Å². The van der Waals surface area contributed by atoms with Crippen LogP contribution in [0.15, 0.2) is 12.7 Å². The van der Waals surface area contributed by atoms with Gasteiger partial charge in [-0.1, -0.05) is 77.2 Å². The predicted octanol–water partition coefficient (Wildman–Crippen LogP) is 6.98. The molecule has 0 radical (unpaired) electrons. The van der Waals surface area contributed by atoms with Crippen LogP contribution < -0.4 is 5.32 Å². The summed E-state index contributed by atoms with van der Waals surface area (Å²) in [4.78, 5) is 11.8. The SMILES string of the molecule is C=CCCCCCCCNCCCC(=O)CCCCCCCCCC. The summed E-state index contributed by atoms with van der Waals surface area (Å²) >= 11 is 0. The molecule has 0 amide bonds. The zero-order chi connectivity index (χ0) is 18.4. The summed E-state index contributed by atoms with van der Waals surface area (Å²) in [7, 11) is 0. The first-order valence-electron chi connectivity index (χ1n) is 11.1. The van der Waals surface area contributed by atoms with Crippen LogP contribution in [0.4, 0.5) is 0 Å². The van der Waals surface area contributed by atoms with Gasteiger partial charge in [0.05, 0.1) is 0 Å². The van der Waals surface area contributed by atoms with Gasteiger partial charge < -0.3 is 5.32 Å². The maximum atomic E-state index is 11.8. The van der Waals surface area contributed by atoms with Crippen LogP contribution >= 0.6 is 0 Å². The number of allylic oxidation sites excluding steroid dienone is 1. The standard InChI is InChI=1S/C23H45NO/c1-3-5-7-9-11-12-14-16-19-23(25)20-18-22-24-21-17-15-13-10-8-6-4-2/h4,24H,2-3,5-22H2,1H3. The van der Waals surface area contributed by atoms with Crippen LogP contribution in [0.5, 0.6) is 0 Å². The minimum absolute atomic E-state index is 0.468. The molecule has 0 aromatic heterocycles. The van der Waals surface area contributed by atoms with Crippen molar-refractivity contribution in [2.45, 2.75) is 116 Å². The Morgan fingerprint density at radius 3 is 1.92 bits per heavy atom. The number of Topliss-reactive ketones (excluding diaryl/α,β-unsaturated/α-hetero) is 1. The van der Waals surface area contributed by atoms with Crippen LogP contribution in [0.25, 0.3) is 0 Å². The van der Waals surface area contributed by atoms with E-state index >= 15 is 0 Å². The minimum atomic E-state index is 0.468. The monoisotopic (exact) mass is 351 g/mol. The number of unbranched alkanes of at least 4 members (excludes halogenated alkanes) is 12. The molecule has 0 aliphatic carbocycles. The zero-order valence-corrected chi connectivity index (χ0v) is 17.1. The van der Waals surface area contributed by atoms with E-state index in [0.29, 0.717) is 5.78 Å². The Bertz CT molecular complexity index is 288. The van der Waals surface area contributed by atoms with E-state index in [4.69, 9.17) is 0 Å². The first kappa shape index (κ1) is 24.4. The van der Waals surface area contributed by atoms with Crippen molar-refractivity contribution in [1.82, 2.24) is 5.32 Å². The Kier molecular flexibility index (Phi) is 20.9. The van der Waals surface area contributed by atoms with E-state index in [1.165, 1.54) is 77.0 Å². The van der Waals surface area contributed by atoms with Gasteiger partial charge in [0.2, 0.25) is 0 Å². The summed E-state index contributed by atoms with van der Waals surface area (Å²) in [5.41, 5.74) is 0. The molecule has 0 aliphatic rings. The van der Waals surface area contributed by atoms with Gasteiger partial charge in [-0.3, -0.25) is 4.79 Å². The third kappa shape index (κ3) is 21.3. The van der Waals surface area contributed by atoms with Gasteiger partial charge in [0, 0.05) is 12.8 Å². The fourth-order valence-electron chi connectivity index (χ4n) is 3.19. The zero-order valence-electron chi connectivity index (χ0n) is 17.1. The van der Waals surface area contributed by atoms with Crippen LogP contribution in [0.3, 0.4) is 0 Å². The highest BCUT2D eigenvalue weighted by atomic mass is 16.1. The van der Waals surface area contributed by atoms with E-state index in [1.807, 2.05) is 6.08 Å². The van der Waals surface area contributed by atoms with Crippen molar-refractivity contribution in [3.63, 3.8) is 0 Å². The van der Waals surface area contributed by atoms with Crippen molar-refractivity contribution >= 4 is 5.78 Å². The fourth-order valence-corrected chi connectivity index (χ4v) is 3.19. The van der Waals surface area contributed by atoms with Gasteiger partial charge >= 0.3 is 0 Å². The molecule has 148 valence electrons. The summed E-state index contributed by atoms with van der Waals surface area (Å²) in [5, 5.41) is 3.48. The van der Waals surface area contributed by atoms with Crippen molar-refractivity contribution in [3.8, 4) is 0 Å². The molecule has 0 aromatic rings. The van der Waals surface area contributed by atoms with Gasteiger partial charge in [0.25, 0.3) is 0 Å². The number of carbonyl (C=O) groups excluding carboxylic acids is 1. The Balaban J connectivity index is 3.14. The van der Waals surface area contributed by atoms with E-state index in [1.54, 1.807) is 0 Å². The number of hydrogen-bond donors (Lipinski definition) is 1. The summed E-state index contributed by atoms with van der Waals surface area (Å²) in [5.74, 6) is 0.468. The minimum Gasteiger partial charge on any atom is -0.317 e. The van der Waals surface area contributed by atoms with E-state index < -0.39 is 0 Å². The number of ketones is 1. The van der Waals surface area contributed by atoms with E-state index in [0.717, 1.165) is 45.2 Å². The molecule has 0 saturated carbocycles. The lowest BCUT2D eigenvalue weighted by atomic mass is 10.0. The predicted molar refractivity (Wildman–Crippen MR) is 112 cm³/mol. The van der Waals surface area contributed by atoms with Gasteiger partial charge in [0.15, 0.2) is 0 Å². The molecule has 0 spiro atoms. The average molecular weight is 352 g/mol. The maximum Gasteiger partial charge on any atom is 0.132 e. The number of hydrogen-bond acceptors (Lipinski definition) is 2. The topological polar surface area (TPSA) is 29.1 Å². The normalized spacial score (nSPS) is 10.9. The number of nitrogens with one attached hydrogen (secondary N) is 1. The number of rotatable bonds is 21. The summed E-state index contributed by atoms with van der Waals surface area (Å²) < 4.78 is 0. The molecule has 0 heterocycles. The molecule has 0 saturated heterocycles. The second-order valence-electron chi connectivity index (χ2n) is 7.46. The van der Waals surface area contributed by atoms with Crippen LogP contribution in [-0.2, 0) is 4.79 Å². The van der Waals surface area contributed by atoms with Crippen molar-refractivity contribution in [3.05, 3.63) is 12.7 Å². The van der Waals surface area contributed by atoms with E-state index in [9.17, 15) is 4.79 Å². The van der Waals surface area contributed by atoms with Crippen molar-refractivity contribution in [2.75, 3.05) is 13.1 Å². The molecule has 2 heteroatoms. The Morgan fingerprint density at radius 1 is 0.720 bits per heavy atom. The molecule has 0 rings (SSSR count). The van der Waals surface area contributed by atoms with Crippen LogP contribution in [-0.4, -0.2) is 18.9 Å². The lowest BCUT2D eigenvalue weighted by Gasteiger charge is -2.05. The second kappa shape index (κ2) is 21.4. The van der Waals surface area contributed by atoms with Crippen LogP contribution in [0, 0.1) is 0 Å². The first-order chi connectivity index (χ1) is 12.3. The molecule has 1 N–H and O–H groups in total. The lowest BCUT2D eigenvalue weighted by molar-refractivity contribution is -0.119. The van der Waals surface area contributed by atoms with Gasteiger partial charge in [-0.25, -0.2) is 0 Å². The van der Waals surface area contributed by atoms with Crippen molar-refractivity contribution in [2.24, 2.45) is 0 Å². The van der Waals surface area contributed by atoms with Gasteiger partial charge in [0.1, 0.15) is 5.78 Å². The summed E-state index contributed by atoms with van der Waals surface area (Å²) in [6.07, 6.45) is 22.8. The molecule has 0 atom stereocenters. The highest BCUT2D eigenvalue weighted by molar-refractivity contribution is 5.78. The molecule has 0 aromatic carbocycles. The Morgan fingerprint density at radius 2 is 1.24 bits per heavy atom. The highest BCUT2D eigenvalue weighted by Gasteiger charge is 2.01. The summed E-state index contributed by atoms with van der Waals surface area (Å²) in [6, 6.07) is 0. The molecular formula is C23H45NO. The quantitative estimate of drug-likeness (QED) is 0.178. The summed E-state index contributed by atoms with van der Waals surface area (Å²) in [6.45, 7) is 8.11. The fraction of sp³-hybridized carbons (Fsp3) is 0.870. The van der Waals surface area contributed by atoms with Crippen molar-refractivity contribution in [1.29, 1.82) is 0 Å². The van der Waals surface area contributed by atoms with Gasteiger partial charge in [-0.2, -0.15) is 0 Å². The lowest BCUT2D eigenvalue weighted by Crippen LogP contribution is -2.17. The number of carbonyl (C=O) groups is 1. The smallest absolute Gasteiger partial charge is 0.132 e. The second-order valence-corrected chi connectivity index (χ2v) is 7.46. The molecule has 0 fully saturated rings. The third-order valence-electron chi connectivity index (χ3n) is 4.88. The largest absolute Gasteiger partial charge is 0.317 e.